The number of hydrogen-bond donors (Lipinski definition) is 2. The monoisotopic (exact) mass is 480 g/mol. The summed E-state index contributed by atoms with van der Waals surface area (Å²) in [5.74, 6) is 0.860. The maximum Gasteiger partial charge on any atom is 0.261 e. The van der Waals surface area contributed by atoms with Crippen LogP contribution in [0.4, 0.5) is 5.69 Å². The lowest BCUT2D eigenvalue weighted by molar-refractivity contribution is 0.0931. The largest absolute Gasteiger partial charge is 0.497 e. The number of sulfonamides is 1. The van der Waals surface area contributed by atoms with Gasteiger partial charge >= 0.3 is 0 Å². The molecule has 1 unspecified atom stereocenters. The molecule has 0 aliphatic heterocycles. The third-order valence-corrected chi connectivity index (χ3v) is 7.07. The van der Waals surface area contributed by atoms with Crippen LogP contribution in [0.2, 0.25) is 0 Å². The van der Waals surface area contributed by atoms with Gasteiger partial charge in [0.05, 0.1) is 23.7 Å². The van der Waals surface area contributed by atoms with Crippen LogP contribution in [0.25, 0.3) is 0 Å². The molecule has 1 amide bonds. The maximum absolute atomic E-state index is 13.3. The maximum atomic E-state index is 13.3. The second kappa shape index (κ2) is 10.7. The first-order chi connectivity index (χ1) is 16.1. The van der Waals surface area contributed by atoms with Crippen molar-refractivity contribution in [2.75, 3.05) is 11.8 Å². The molecule has 0 aliphatic rings. The van der Waals surface area contributed by atoms with Gasteiger partial charge in [0, 0.05) is 5.56 Å². The van der Waals surface area contributed by atoms with Gasteiger partial charge in [0.1, 0.15) is 5.75 Å². The van der Waals surface area contributed by atoms with Crippen LogP contribution in [-0.2, 0) is 10.0 Å². The van der Waals surface area contributed by atoms with Crippen molar-refractivity contribution in [1.82, 2.24) is 5.32 Å². The summed E-state index contributed by atoms with van der Waals surface area (Å²) >= 11 is 0. The number of methoxy groups -OCH3 is 1. The Morgan fingerprint density at radius 3 is 2.18 bits per heavy atom. The number of rotatable bonds is 9. The van der Waals surface area contributed by atoms with Gasteiger partial charge in [-0.2, -0.15) is 0 Å². The normalized spacial score (nSPS) is 12.3. The Kier molecular flexibility index (Phi) is 7.99. The molecule has 0 aromatic heterocycles. The summed E-state index contributed by atoms with van der Waals surface area (Å²) < 4.78 is 33.6. The summed E-state index contributed by atoms with van der Waals surface area (Å²) in [6.07, 6.45) is 0.761. The fraction of sp³-hybridized carbons (Fsp3) is 0.296. The highest BCUT2D eigenvalue weighted by molar-refractivity contribution is 7.92. The lowest BCUT2D eigenvalue weighted by atomic mass is 9.96. The quantitative estimate of drug-likeness (QED) is 0.416. The fourth-order valence-corrected chi connectivity index (χ4v) is 4.86. The predicted molar refractivity (Wildman–Crippen MR) is 136 cm³/mol. The highest BCUT2D eigenvalue weighted by atomic mass is 32.2. The van der Waals surface area contributed by atoms with Crippen molar-refractivity contribution in [1.29, 1.82) is 0 Å². The van der Waals surface area contributed by atoms with E-state index in [4.69, 9.17) is 4.74 Å². The minimum Gasteiger partial charge on any atom is -0.497 e. The van der Waals surface area contributed by atoms with Crippen molar-refractivity contribution in [3.63, 3.8) is 0 Å². The van der Waals surface area contributed by atoms with Gasteiger partial charge in [-0.3, -0.25) is 9.52 Å². The number of ether oxygens (including phenoxy) is 1. The van der Waals surface area contributed by atoms with E-state index in [-0.39, 0.29) is 16.8 Å². The summed E-state index contributed by atoms with van der Waals surface area (Å²) in [4.78, 5) is 13.4. The zero-order chi connectivity index (χ0) is 24.9. The Morgan fingerprint density at radius 1 is 0.941 bits per heavy atom. The van der Waals surface area contributed by atoms with Crippen molar-refractivity contribution in [3.05, 3.63) is 89.0 Å². The molecule has 34 heavy (non-hydrogen) atoms. The second-order valence-corrected chi connectivity index (χ2v) is 10.5. The smallest absolute Gasteiger partial charge is 0.261 e. The third kappa shape index (κ3) is 6.17. The van der Waals surface area contributed by atoms with Crippen LogP contribution in [0.15, 0.2) is 71.6 Å². The van der Waals surface area contributed by atoms with Gasteiger partial charge in [0.25, 0.3) is 15.9 Å². The average Bonchev–Trinajstić information content (AvgIpc) is 2.80. The SMILES string of the molecule is COc1ccc(C(CC(C)C)NC(=O)c2cccc(NS(=O)(=O)c3ccc(C)cc3)c2C)cc1. The molecule has 0 fully saturated rings. The van der Waals surface area contributed by atoms with Crippen LogP contribution in [0.3, 0.4) is 0 Å². The molecule has 3 aromatic rings. The molecule has 0 bridgehead atoms. The molecule has 3 rings (SSSR count). The summed E-state index contributed by atoms with van der Waals surface area (Å²) in [6.45, 7) is 7.85. The van der Waals surface area contributed by atoms with Crippen LogP contribution < -0.4 is 14.8 Å². The van der Waals surface area contributed by atoms with E-state index in [2.05, 4.69) is 23.9 Å². The molecule has 7 heteroatoms. The first kappa shape index (κ1) is 25.3. The predicted octanol–water partition coefficient (Wildman–Crippen LogP) is 5.63. The Hall–Kier alpha value is -3.32. The number of nitrogens with one attached hydrogen (secondary N) is 2. The fourth-order valence-electron chi connectivity index (χ4n) is 3.74. The molecule has 0 aliphatic carbocycles. The second-order valence-electron chi connectivity index (χ2n) is 8.83. The zero-order valence-corrected chi connectivity index (χ0v) is 21.1. The number of benzene rings is 3. The molecule has 0 radical (unpaired) electrons. The van der Waals surface area contributed by atoms with Gasteiger partial charge in [0.2, 0.25) is 0 Å². The molecule has 1 atom stereocenters. The molecule has 0 saturated carbocycles. The van der Waals surface area contributed by atoms with Crippen molar-refractivity contribution < 1.29 is 17.9 Å². The van der Waals surface area contributed by atoms with Crippen LogP contribution in [0.1, 0.15) is 53.4 Å². The first-order valence-corrected chi connectivity index (χ1v) is 12.7. The van der Waals surface area contributed by atoms with E-state index in [0.717, 1.165) is 23.3 Å². The first-order valence-electron chi connectivity index (χ1n) is 11.2. The van der Waals surface area contributed by atoms with E-state index in [1.165, 1.54) is 0 Å². The molecule has 0 saturated heterocycles. The van der Waals surface area contributed by atoms with Crippen LogP contribution >= 0.6 is 0 Å². The van der Waals surface area contributed by atoms with Crippen molar-refractivity contribution in [2.45, 2.75) is 45.1 Å². The Labute approximate surface area is 202 Å². The molecule has 0 spiro atoms. The van der Waals surface area contributed by atoms with Gasteiger partial charge < -0.3 is 10.1 Å². The minimum atomic E-state index is -3.78. The lowest BCUT2D eigenvalue weighted by Crippen LogP contribution is -2.30. The van der Waals surface area contributed by atoms with Crippen LogP contribution in [-0.4, -0.2) is 21.4 Å². The number of hydrogen-bond acceptors (Lipinski definition) is 4. The van der Waals surface area contributed by atoms with E-state index in [9.17, 15) is 13.2 Å². The molecule has 180 valence electrons. The Bertz CT molecular complexity index is 1230. The lowest BCUT2D eigenvalue weighted by Gasteiger charge is -2.22. The van der Waals surface area contributed by atoms with Crippen molar-refractivity contribution in [3.8, 4) is 5.75 Å². The van der Waals surface area contributed by atoms with Crippen molar-refractivity contribution in [2.24, 2.45) is 5.92 Å². The highest BCUT2D eigenvalue weighted by Crippen LogP contribution is 2.26. The van der Waals surface area contributed by atoms with Gasteiger partial charge in [-0.15, -0.1) is 0 Å². The topological polar surface area (TPSA) is 84.5 Å². The van der Waals surface area contributed by atoms with Gasteiger partial charge in [-0.05, 0) is 73.7 Å². The van der Waals surface area contributed by atoms with E-state index >= 15 is 0 Å². The Balaban J connectivity index is 1.85. The minimum absolute atomic E-state index is 0.170. The summed E-state index contributed by atoms with van der Waals surface area (Å²) in [7, 11) is -2.16. The number of aryl methyl sites for hydroxylation is 1. The average molecular weight is 481 g/mol. The van der Waals surface area contributed by atoms with E-state index < -0.39 is 10.0 Å². The highest BCUT2D eigenvalue weighted by Gasteiger charge is 2.21. The molecule has 3 aromatic carbocycles. The van der Waals surface area contributed by atoms with Crippen LogP contribution in [0.5, 0.6) is 5.75 Å². The van der Waals surface area contributed by atoms with E-state index in [0.29, 0.717) is 22.7 Å². The molecular weight excluding hydrogens is 448 g/mol. The summed E-state index contributed by atoms with van der Waals surface area (Å²) in [6, 6.07) is 19.1. The Morgan fingerprint density at radius 2 is 1.59 bits per heavy atom. The number of carbonyl (C=O) groups excluding carboxylic acids is 1. The summed E-state index contributed by atoms with van der Waals surface area (Å²) in [5.41, 5.74) is 3.32. The van der Waals surface area contributed by atoms with E-state index in [1.54, 1.807) is 56.5 Å². The standard InChI is InChI=1S/C27H32N2O4S/c1-18(2)17-26(21-11-13-22(33-5)14-12-21)28-27(30)24-7-6-8-25(20(24)4)29-34(31,32)23-15-9-19(3)10-16-23/h6-16,18,26,29H,17H2,1-5H3,(H,28,30). The number of carbonyl (C=O) groups is 1. The number of anilines is 1. The molecule has 2 N–H and O–H groups in total. The zero-order valence-electron chi connectivity index (χ0n) is 20.3. The third-order valence-electron chi connectivity index (χ3n) is 5.68. The molecule has 6 nitrogen and oxygen atoms in total. The van der Waals surface area contributed by atoms with Gasteiger partial charge in [-0.1, -0.05) is 49.7 Å². The van der Waals surface area contributed by atoms with Gasteiger partial charge in [0.15, 0.2) is 0 Å². The number of amides is 1. The molecular formula is C27H32N2O4S. The summed E-state index contributed by atoms with van der Waals surface area (Å²) in [5, 5.41) is 3.13. The van der Waals surface area contributed by atoms with Crippen LogP contribution in [0, 0.1) is 19.8 Å². The molecule has 0 heterocycles. The van der Waals surface area contributed by atoms with Crippen molar-refractivity contribution >= 4 is 21.6 Å². The van der Waals surface area contributed by atoms with Gasteiger partial charge in [-0.25, -0.2) is 8.42 Å². The van der Waals surface area contributed by atoms with E-state index in [1.807, 2.05) is 31.2 Å².